The zero-order chi connectivity index (χ0) is 23.8. The topological polar surface area (TPSA) is 84.7 Å². The van der Waals surface area contributed by atoms with Crippen molar-refractivity contribution in [2.75, 3.05) is 16.8 Å². The number of aryl methyl sites for hydroxylation is 1. The molecule has 2 heterocycles. The summed E-state index contributed by atoms with van der Waals surface area (Å²) in [7, 11) is 0. The fourth-order valence-electron chi connectivity index (χ4n) is 3.99. The number of aromatic nitrogens is 1. The fraction of sp³-hybridized carbons (Fsp3) is 0.115. The highest BCUT2D eigenvalue weighted by Crippen LogP contribution is 2.39. The lowest BCUT2D eigenvalue weighted by Crippen LogP contribution is -2.29. The summed E-state index contributed by atoms with van der Waals surface area (Å²) < 4.78 is 11.3. The van der Waals surface area contributed by atoms with E-state index in [0.717, 1.165) is 0 Å². The molecule has 0 bridgehead atoms. The van der Waals surface area contributed by atoms with Crippen LogP contribution in [-0.4, -0.2) is 23.5 Å². The molecule has 0 spiro atoms. The fourth-order valence-corrected chi connectivity index (χ4v) is 4.21. The van der Waals surface area contributed by atoms with Gasteiger partial charge in [-0.15, -0.1) is 0 Å². The monoisotopic (exact) mass is 473 g/mol. The van der Waals surface area contributed by atoms with Gasteiger partial charge in [-0.1, -0.05) is 47.1 Å². The van der Waals surface area contributed by atoms with E-state index >= 15 is 0 Å². The molecule has 1 aliphatic rings. The molecule has 4 aromatic rings. The van der Waals surface area contributed by atoms with E-state index in [2.05, 4.69) is 10.5 Å². The van der Waals surface area contributed by atoms with Gasteiger partial charge < -0.3 is 19.5 Å². The van der Waals surface area contributed by atoms with Crippen molar-refractivity contribution < 1.29 is 18.8 Å². The average molecular weight is 474 g/mol. The molecule has 0 saturated heterocycles. The first-order chi connectivity index (χ1) is 16.5. The first-order valence-corrected chi connectivity index (χ1v) is 11.1. The summed E-state index contributed by atoms with van der Waals surface area (Å²) in [5.74, 6) is 0.735. The highest BCUT2D eigenvalue weighted by molar-refractivity contribution is 6.33. The molecule has 1 aliphatic heterocycles. The Labute approximate surface area is 200 Å². The van der Waals surface area contributed by atoms with Crippen LogP contribution in [0.1, 0.15) is 33.4 Å². The van der Waals surface area contributed by atoms with Crippen LogP contribution in [0.2, 0.25) is 5.02 Å². The molecule has 5 rings (SSSR count). The molecule has 1 aromatic heterocycles. The van der Waals surface area contributed by atoms with Crippen LogP contribution in [0.15, 0.2) is 71.3 Å². The third-order valence-electron chi connectivity index (χ3n) is 5.62. The van der Waals surface area contributed by atoms with E-state index in [0.29, 0.717) is 57.0 Å². The molecule has 3 aromatic carbocycles. The first kappa shape index (κ1) is 21.7. The molecule has 0 saturated carbocycles. The van der Waals surface area contributed by atoms with Gasteiger partial charge in [0.1, 0.15) is 22.8 Å². The van der Waals surface area contributed by atoms with Crippen LogP contribution in [0.3, 0.4) is 0 Å². The van der Waals surface area contributed by atoms with Gasteiger partial charge in [-0.3, -0.25) is 9.59 Å². The number of para-hydroxylation sites is 2. The third kappa shape index (κ3) is 3.70. The largest absolute Gasteiger partial charge is 0.454 e. The zero-order valence-electron chi connectivity index (χ0n) is 18.5. The van der Waals surface area contributed by atoms with Crippen molar-refractivity contribution in [3.63, 3.8) is 0 Å². The Kier molecular flexibility index (Phi) is 5.55. The van der Waals surface area contributed by atoms with Crippen LogP contribution < -0.4 is 15.0 Å². The van der Waals surface area contributed by atoms with E-state index in [-0.39, 0.29) is 11.5 Å². The van der Waals surface area contributed by atoms with Crippen LogP contribution >= 0.6 is 11.6 Å². The van der Waals surface area contributed by atoms with E-state index in [1.807, 2.05) is 37.3 Å². The summed E-state index contributed by atoms with van der Waals surface area (Å²) in [6.45, 7) is 4.03. The number of nitrogens with one attached hydrogen (secondary N) is 1. The summed E-state index contributed by atoms with van der Waals surface area (Å²) >= 11 is 6.31. The standard InChI is InChI=1S/C26H20ClN3O4/c1-3-30-20-10-6-7-11-22(20)33-21-13-12-16(14-18(21)26(30)32)28-25(31)23-15(2)34-29-24(23)17-8-4-5-9-19(17)27/h4-14H,3H2,1-2H3,(H,28,31). The molecule has 2 amide bonds. The van der Waals surface area contributed by atoms with E-state index in [4.69, 9.17) is 20.9 Å². The van der Waals surface area contributed by atoms with Crippen LogP contribution in [0.5, 0.6) is 11.5 Å². The highest BCUT2D eigenvalue weighted by Gasteiger charge is 2.28. The second-order valence-corrected chi connectivity index (χ2v) is 8.13. The number of carbonyl (C=O) groups is 2. The van der Waals surface area contributed by atoms with Crippen LogP contribution in [0.25, 0.3) is 11.3 Å². The molecule has 0 aliphatic carbocycles. The van der Waals surface area contributed by atoms with Crippen molar-refractivity contribution >= 4 is 34.8 Å². The maximum absolute atomic E-state index is 13.3. The van der Waals surface area contributed by atoms with Gasteiger partial charge in [0.15, 0.2) is 5.75 Å². The number of carbonyl (C=O) groups excluding carboxylic acids is 2. The summed E-state index contributed by atoms with van der Waals surface area (Å²) in [5, 5.41) is 7.35. The molecule has 0 radical (unpaired) electrons. The van der Waals surface area contributed by atoms with Gasteiger partial charge in [0.25, 0.3) is 11.8 Å². The molecule has 0 unspecified atom stereocenters. The maximum atomic E-state index is 13.3. The van der Waals surface area contributed by atoms with Gasteiger partial charge in [0.05, 0.1) is 16.3 Å². The number of nitrogens with zero attached hydrogens (tertiary/aromatic N) is 2. The third-order valence-corrected chi connectivity index (χ3v) is 5.95. The minimum absolute atomic E-state index is 0.212. The Morgan fingerprint density at radius 3 is 2.59 bits per heavy atom. The zero-order valence-corrected chi connectivity index (χ0v) is 19.2. The van der Waals surface area contributed by atoms with Gasteiger partial charge in [0.2, 0.25) is 0 Å². The molecule has 0 atom stereocenters. The van der Waals surface area contributed by atoms with Gasteiger partial charge in [0, 0.05) is 17.8 Å². The number of anilines is 2. The lowest BCUT2D eigenvalue weighted by atomic mass is 10.1. The predicted octanol–water partition coefficient (Wildman–Crippen LogP) is 6.33. The number of hydrogen-bond acceptors (Lipinski definition) is 5. The second-order valence-electron chi connectivity index (χ2n) is 7.73. The van der Waals surface area contributed by atoms with E-state index < -0.39 is 5.91 Å². The minimum atomic E-state index is -0.425. The lowest BCUT2D eigenvalue weighted by Gasteiger charge is -2.19. The van der Waals surface area contributed by atoms with Gasteiger partial charge in [-0.2, -0.15) is 0 Å². The van der Waals surface area contributed by atoms with Crippen molar-refractivity contribution in [2.45, 2.75) is 13.8 Å². The summed E-state index contributed by atoms with van der Waals surface area (Å²) in [5.41, 5.74) is 2.70. The Bertz CT molecular complexity index is 1430. The van der Waals surface area contributed by atoms with Crippen molar-refractivity contribution in [2.24, 2.45) is 0 Å². The number of rotatable bonds is 4. The van der Waals surface area contributed by atoms with E-state index in [9.17, 15) is 9.59 Å². The normalized spacial score (nSPS) is 12.4. The summed E-state index contributed by atoms with van der Waals surface area (Å²) in [4.78, 5) is 28.2. The number of amides is 2. The van der Waals surface area contributed by atoms with Gasteiger partial charge in [-0.25, -0.2) is 0 Å². The Balaban J connectivity index is 1.49. The molecular weight excluding hydrogens is 454 g/mol. The number of ether oxygens (including phenoxy) is 1. The quantitative estimate of drug-likeness (QED) is 0.374. The molecular formula is C26H20ClN3O4. The summed E-state index contributed by atoms with van der Waals surface area (Å²) in [6, 6.07) is 19.4. The second kappa shape index (κ2) is 8.68. The van der Waals surface area contributed by atoms with Gasteiger partial charge >= 0.3 is 0 Å². The number of halogens is 1. The van der Waals surface area contributed by atoms with Crippen molar-refractivity contribution in [3.8, 4) is 22.8 Å². The van der Waals surface area contributed by atoms with Crippen LogP contribution in [0.4, 0.5) is 11.4 Å². The molecule has 170 valence electrons. The smallest absolute Gasteiger partial charge is 0.262 e. The van der Waals surface area contributed by atoms with Crippen molar-refractivity contribution in [1.29, 1.82) is 0 Å². The van der Waals surface area contributed by atoms with Crippen LogP contribution in [0, 0.1) is 6.92 Å². The van der Waals surface area contributed by atoms with Crippen molar-refractivity contribution in [1.82, 2.24) is 5.16 Å². The Hall–Kier alpha value is -4.10. The number of benzene rings is 3. The van der Waals surface area contributed by atoms with Gasteiger partial charge in [-0.05, 0) is 50.2 Å². The van der Waals surface area contributed by atoms with Crippen molar-refractivity contribution in [3.05, 3.63) is 88.6 Å². The van der Waals surface area contributed by atoms with E-state index in [1.165, 1.54) is 0 Å². The molecule has 34 heavy (non-hydrogen) atoms. The van der Waals surface area contributed by atoms with Crippen LogP contribution in [-0.2, 0) is 0 Å². The Morgan fingerprint density at radius 1 is 1.03 bits per heavy atom. The SMILES string of the molecule is CCN1C(=O)c2cc(NC(=O)c3c(-c4ccccc4Cl)noc3C)ccc2Oc2ccccc21. The number of fused-ring (bicyclic) bond motifs is 2. The predicted molar refractivity (Wildman–Crippen MR) is 130 cm³/mol. The maximum Gasteiger partial charge on any atom is 0.262 e. The number of hydrogen-bond donors (Lipinski definition) is 1. The lowest BCUT2D eigenvalue weighted by molar-refractivity contribution is 0.0985. The Morgan fingerprint density at radius 2 is 1.79 bits per heavy atom. The van der Waals surface area contributed by atoms with E-state index in [1.54, 1.807) is 48.2 Å². The summed E-state index contributed by atoms with van der Waals surface area (Å²) in [6.07, 6.45) is 0. The molecule has 7 nitrogen and oxygen atoms in total. The first-order valence-electron chi connectivity index (χ1n) is 10.7. The highest BCUT2D eigenvalue weighted by atomic mass is 35.5. The molecule has 1 N–H and O–H groups in total. The average Bonchev–Trinajstić information content (AvgIpc) is 3.17. The molecule has 0 fully saturated rings. The molecule has 8 heteroatoms. The minimum Gasteiger partial charge on any atom is -0.454 e.